The van der Waals surface area contributed by atoms with E-state index in [0.29, 0.717) is 0 Å². The van der Waals surface area contributed by atoms with Crippen molar-refractivity contribution in [1.82, 2.24) is 0 Å². The molecule has 0 spiro atoms. The molecule has 11 unspecified atom stereocenters. The molecule has 0 bridgehead atoms. The van der Waals surface area contributed by atoms with E-state index in [1.54, 1.807) is 0 Å². The Morgan fingerprint density at radius 3 is 2.28 bits per heavy atom. The van der Waals surface area contributed by atoms with E-state index >= 15 is 0 Å². The van der Waals surface area contributed by atoms with Gasteiger partial charge in [0.05, 0.1) is 37.6 Å². The minimum absolute atomic E-state index is 0.145. The van der Waals surface area contributed by atoms with Crippen molar-refractivity contribution in [2.24, 2.45) is 11.8 Å². The van der Waals surface area contributed by atoms with Gasteiger partial charge in [0, 0.05) is 12.8 Å². The molecule has 0 radical (unpaired) electrons. The number of aliphatic hydroxyl groups is 6. The van der Waals surface area contributed by atoms with Crippen molar-refractivity contribution in [3.63, 3.8) is 0 Å². The van der Waals surface area contributed by atoms with E-state index in [1.807, 2.05) is 0 Å². The summed E-state index contributed by atoms with van der Waals surface area (Å²) in [6.07, 6.45) is -11.8. The van der Waals surface area contributed by atoms with Gasteiger partial charge in [0.1, 0.15) is 36.1 Å². The van der Waals surface area contributed by atoms with Crippen LogP contribution < -0.4 is 0 Å². The lowest BCUT2D eigenvalue weighted by Gasteiger charge is -2.44. The van der Waals surface area contributed by atoms with Crippen molar-refractivity contribution >= 4 is 11.9 Å². The maximum Gasteiger partial charge on any atom is 0.337 e. The number of rotatable bonds is 5. The number of esters is 2. The highest BCUT2D eigenvalue weighted by atomic mass is 16.8. The molecule has 13 heteroatoms. The highest BCUT2D eigenvalue weighted by Crippen LogP contribution is 2.51. The number of hydrogen-bond donors (Lipinski definition) is 6. The number of methoxy groups -OCH3 is 1. The molecule has 1 saturated carbocycles. The molecule has 2 aliphatic heterocycles. The van der Waals surface area contributed by atoms with Crippen LogP contribution in [0.4, 0.5) is 0 Å². The Labute approximate surface area is 182 Å². The molecule has 0 amide bonds. The van der Waals surface area contributed by atoms with Gasteiger partial charge < -0.3 is 54.3 Å². The van der Waals surface area contributed by atoms with Crippen molar-refractivity contribution in [2.75, 3.05) is 13.7 Å². The van der Waals surface area contributed by atoms with Gasteiger partial charge in [-0.05, 0) is 6.92 Å². The van der Waals surface area contributed by atoms with Crippen LogP contribution in [0.2, 0.25) is 0 Å². The second-order valence-electron chi connectivity index (χ2n) is 8.17. The predicted molar refractivity (Wildman–Crippen MR) is 99.0 cm³/mol. The Morgan fingerprint density at radius 1 is 1.06 bits per heavy atom. The van der Waals surface area contributed by atoms with Crippen LogP contribution >= 0.6 is 0 Å². The fraction of sp³-hybridized carbons (Fsp3) is 0.789. The lowest BCUT2D eigenvalue weighted by molar-refractivity contribution is -0.347. The van der Waals surface area contributed by atoms with Gasteiger partial charge in [-0.1, -0.05) is 0 Å². The van der Waals surface area contributed by atoms with Gasteiger partial charge >= 0.3 is 11.9 Å². The van der Waals surface area contributed by atoms with Gasteiger partial charge in [0.15, 0.2) is 6.29 Å². The second kappa shape index (κ2) is 9.19. The van der Waals surface area contributed by atoms with E-state index in [2.05, 4.69) is 0 Å². The first-order chi connectivity index (χ1) is 15.0. The Bertz CT molecular complexity index is 754. The average molecular weight is 464 g/mol. The number of carbonyl (C=O) groups is 2. The van der Waals surface area contributed by atoms with Crippen molar-refractivity contribution < 1.29 is 63.9 Å². The van der Waals surface area contributed by atoms with Crippen LogP contribution in [0.1, 0.15) is 13.8 Å². The summed E-state index contributed by atoms with van der Waals surface area (Å²) in [5.74, 6) is -4.00. The molecule has 3 aliphatic rings. The normalized spacial score (nSPS) is 46.0. The summed E-state index contributed by atoms with van der Waals surface area (Å²) < 4.78 is 26.5. The SMILES string of the molecule is COC(=O)C1=COC(OC2OC(CO)C(O)C(O)C2O)C2C1C(O)C(O)C2(C)OC(C)=O. The molecule has 2 fully saturated rings. The van der Waals surface area contributed by atoms with Crippen LogP contribution in [0.25, 0.3) is 0 Å². The first kappa shape index (κ1) is 24.8. The fourth-order valence-corrected chi connectivity index (χ4v) is 4.59. The molecule has 0 aromatic heterocycles. The van der Waals surface area contributed by atoms with Crippen LogP contribution in [0.15, 0.2) is 11.8 Å². The summed E-state index contributed by atoms with van der Waals surface area (Å²) in [7, 11) is 1.11. The van der Waals surface area contributed by atoms with Gasteiger partial charge in [-0.2, -0.15) is 0 Å². The lowest BCUT2D eigenvalue weighted by Crippen LogP contribution is -2.61. The van der Waals surface area contributed by atoms with E-state index in [9.17, 15) is 40.2 Å². The molecular formula is C19H28O13. The highest BCUT2D eigenvalue weighted by molar-refractivity contribution is 5.89. The van der Waals surface area contributed by atoms with E-state index < -0.39 is 85.2 Å². The summed E-state index contributed by atoms with van der Waals surface area (Å²) >= 11 is 0. The fourth-order valence-electron chi connectivity index (χ4n) is 4.59. The molecule has 1 aliphatic carbocycles. The summed E-state index contributed by atoms with van der Waals surface area (Å²) in [4.78, 5) is 24.0. The topological polar surface area (TPSA) is 202 Å². The molecule has 6 N–H and O–H groups in total. The molecule has 13 nitrogen and oxygen atoms in total. The zero-order chi connectivity index (χ0) is 24.0. The molecule has 11 atom stereocenters. The van der Waals surface area contributed by atoms with Gasteiger partial charge in [0.25, 0.3) is 0 Å². The Morgan fingerprint density at radius 2 is 1.72 bits per heavy atom. The Hall–Kier alpha value is -1.84. The van der Waals surface area contributed by atoms with Crippen molar-refractivity contribution in [3.05, 3.63) is 11.8 Å². The van der Waals surface area contributed by atoms with Gasteiger partial charge in [-0.25, -0.2) is 4.79 Å². The summed E-state index contributed by atoms with van der Waals surface area (Å²) in [6, 6.07) is 0. The first-order valence-electron chi connectivity index (χ1n) is 9.93. The molecular weight excluding hydrogens is 436 g/mol. The smallest absolute Gasteiger partial charge is 0.337 e. The number of aliphatic hydroxyl groups excluding tert-OH is 6. The second-order valence-corrected chi connectivity index (χ2v) is 8.17. The maximum atomic E-state index is 12.2. The lowest BCUT2D eigenvalue weighted by atomic mass is 9.80. The van der Waals surface area contributed by atoms with E-state index in [-0.39, 0.29) is 5.57 Å². The van der Waals surface area contributed by atoms with Crippen LogP contribution in [-0.2, 0) is 33.3 Å². The molecule has 0 aromatic rings. The van der Waals surface area contributed by atoms with Crippen molar-refractivity contribution in [2.45, 2.75) is 68.7 Å². The largest absolute Gasteiger partial charge is 0.471 e. The summed E-state index contributed by atoms with van der Waals surface area (Å²) in [5.41, 5.74) is -1.95. The quantitative estimate of drug-likeness (QED) is 0.219. The average Bonchev–Trinajstić information content (AvgIpc) is 2.94. The van der Waals surface area contributed by atoms with E-state index in [0.717, 1.165) is 20.3 Å². The molecule has 32 heavy (non-hydrogen) atoms. The van der Waals surface area contributed by atoms with Crippen LogP contribution in [0.3, 0.4) is 0 Å². The number of ether oxygens (including phenoxy) is 5. The predicted octanol–water partition coefficient (Wildman–Crippen LogP) is -3.49. The highest BCUT2D eigenvalue weighted by Gasteiger charge is 2.66. The standard InChI is InChI=1S/C19H28O13/c1-6(21)32-19(2)10-9(12(23)15(19)26)7(16(27)28-3)5-29-17(10)31-18-14(25)13(24)11(22)8(4-20)30-18/h5,8-15,17-18,20,22-26H,4H2,1-3H3. The number of hydrogen-bond acceptors (Lipinski definition) is 13. The minimum Gasteiger partial charge on any atom is -0.471 e. The number of fused-ring (bicyclic) bond motifs is 1. The van der Waals surface area contributed by atoms with Gasteiger partial charge in [-0.3, -0.25) is 4.79 Å². The molecule has 3 rings (SSSR count). The Balaban J connectivity index is 1.97. The first-order valence-corrected chi connectivity index (χ1v) is 9.93. The third kappa shape index (κ3) is 3.99. The number of carbonyl (C=O) groups excluding carboxylic acids is 2. The molecule has 0 aromatic carbocycles. The maximum absolute atomic E-state index is 12.2. The summed E-state index contributed by atoms with van der Waals surface area (Å²) in [6.45, 7) is 1.71. The Kier molecular flexibility index (Phi) is 7.12. The monoisotopic (exact) mass is 464 g/mol. The van der Waals surface area contributed by atoms with Crippen molar-refractivity contribution in [3.8, 4) is 0 Å². The third-order valence-corrected chi connectivity index (χ3v) is 6.21. The van der Waals surface area contributed by atoms with Gasteiger partial charge in [0.2, 0.25) is 6.29 Å². The molecule has 2 heterocycles. The van der Waals surface area contributed by atoms with Crippen LogP contribution in [-0.4, -0.2) is 111 Å². The van der Waals surface area contributed by atoms with Crippen LogP contribution in [0, 0.1) is 11.8 Å². The van der Waals surface area contributed by atoms with Crippen molar-refractivity contribution in [1.29, 1.82) is 0 Å². The summed E-state index contributed by atoms with van der Waals surface area (Å²) in [5, 5.41) is 61.0. The zero-order valence-corrected chi connectivity index (χ0v) is 17.6. The van der Waals surface area contributed by atoms with Gasteiger partial charge in [-0.15, -0.1) is 0 Å². The van der Waals surface area contributed by atoms with E-state index in [4.69, 9.17) is 23.7 Å². The van der Waals surface area contributed by atoms with Crippen LogP contribution in [0.5, 0.6) is 0 Å². The minimum atomic E-state index is -1.80. The molecule has 182 valence electrons. The zero-order valence-electron chi connectivity index (χ0n) is 17.6. The van der Waals surface area contributed by atoms with E-state index in [1.165, 1.54) is 6.92 Å². The third-order valence-electron chi connectivity index (χ3n) is 6.21. The molecule has 1 saturated heterocycles.